The van der Waals surface area contributed by atoms with Crippen molar-refractivity contribution in [2.75, 3.05) is 26.3 Å². The highest BCUT2D eigenvalue weighted by Gasteiger charge is 2.35. The Bertz CT molecular complexity index is 569. The van der Waals surface area contributed by atoms with Gasteiger partial charge in [0.05, 0.1) is 13.0 Å². The molecule has 1 N–H and O–H groups in total. The zero-order chi connectivity index (χ0) is 16.8. The number of benzene rings is 1. The number of carbonyl (C=O) groups excluding carboxylic acids is 2. The van der Waals surface area contributed by atoms with Gasteiger partial charge in [0, 0.05) is 18.7 Å². The average molecular weight is 330 g/mol. The van der Waals surface area contributed by atoms with Gasteiger partial charge in [-0.1, -0.05) is 18.2 Å². The maximum Gasteiger partial charge on any atom is 0.261 e. The van der Waals surface area contributed by atoms with Crippen molar-refractivity contribution in [2.45, 2.75) is 18.9 Å². The van der Waals surface area contributed by atoms with Gasteiger partial charge in [-0.3, -0.25) is 9.59 Å². The van der Waals surface area contributed by atoms with E-state index < -0.39 is 36.7 Å². The number of piperazine rings is 1. The second kappa shape index (κ2) is 7.96. The summed E-state index contributed by atoms with van der Waals surface area (Å²) in [5.74, 6) is -1.49. The van der Waals surface area contributed by atoms with Crippen LogP contribution in [0.5, 0.6) is 0 Å². The van der Waals surface area contributed by atoms with Gasteiger partial charge in [-0.05, 0) is 6.07 Å². The van der Waals surface area contributed by atoms with E-state index in [1.165, 1.54) is 23.1 Å². The molecule has 1 unspecified atom stereocenters. The molecule has 1 aromatic rings. The Morgan fingerprint density at radius 2 is 2.13 bits per heavy atom. The lowest BCUT2D eigenvalue weighted by molar-refractivity contribution is -0.144. The van der Waals surface area contributed by atoms with Crippen LogP contribution in [0.25, 0.3) is 0 Å². The van der Waals surface area contributed by atoms with Gasteiger partial charge >= 0.3 is 0 Å². The van der Waals surface area contributed by atoms with Crippen LogP contribution < -0.4 is 5.32 Å². The minimum atomic E-state index is -2.60. The number of hydrogen-bond acceptors (Lipinski definition) is 3. The Balaban J connectivity index is 2.07. The summed E-state index contributed by atoms with van der Waals surface area (Å²) in [7, 11) is 0. The largest absolute Gasteiger partial charge is 0.375 e. The quantitative estimate of drug-likeness (QED) is 0.804. The number of hydrogen-bond donors (Lipinski definition) is 1. The number of alkyl halides is 2. The molecule has 126 valence electrons. The first-order chi connectivity index (χ1) is 11.0. The van der Waals surface area contributed by atoms with E-state index in [1.807, 2.05) is 0 Å². The molecule has 0 radical (unpaired) electrons. The molecule has 1 atom stereocenters. The summed E-state index contributed by atoms with van der Waals surface area (Å²) in [6.07, 6.45) is -2.75. The maximum absolute atomic E-state index is 14.0. The summed E-state index contributed by atoms with van der Waals surface area (Å²) in [6, 6.07) is 4.66. The molecule has 1 aliphatic heterocycles. The van der Waals surface area contributed by atoms with Gasteiger partial charge in [0.1, 0.15) is 18.5 Å². The highest BCUT2D eigenvalue weighted by molar-refractivity contribution is 5.89. The van der Waals surface area contributed by atoms with Crippen molar-refractivity contribution < 1.29 is 27.5 Å². The van der Waals surface area contributed by atoms with Crippen molar-refractivity contribution in [3.05, 3.63) is 35.6 Å². The number of nitrogens with zero attached hydrogens (tertiary/aromatic N) is 1. The number of amides is 2. The Morgan fingerprint density at radius 1 is 1.39 bits per heavy atom. The summed E-state index contributed by atoms with van der Waals surface area (Å²) < 4.78 is 42.6. The average Bonchev–Trinajstić information content (AvgIpc) is 2.52. The van der Waals surface area contributed by atoms with Gasteiger partial charge in [-0.25, -0.2) is 13.2 Å². The molecule has 0 saturated carbocycles. The van der Waals surface area contributed by atoms with Crippen LogP contribution >= 0.6 is 0 Å². The van der Waals surface area contributed by atoms with Crippen molar-refractivity contribution in [2.24, 2.45) is 0 Å². The fourth-order valence-corrected chi connectivity index (χ4v) is 2.42. The second-order valence-electron chi connectivity index (χ2n) is 5.02. The molecule has 2 rings (SSSR count). The van der Waals surface area contributed by atoms with E-state index in [1.54, 1.807) is 6.07 Å². The summed E-state index contributed by atoms with van der Waals surface area (Å²) in [5, 5.41) is 2.59. The number of rotatable bonds is 6. The highest BCUT2D eigenvalue weighted by Crippen LogP contribution is 2.26. The van der Waals surface area contributed by atoms with Crippen molar-refractivity contribution in [3.8, 4) is 0 Å². The first-order valence-corrected chi connectivity index (χ1v) is 7.18. The third-order valence-electron chi connectivity index (χ3n) is 3.44. The molecule has 23 heavy (non-hydrogen) atoms. The summed E-state index contributed by atoms with van der Waals surface area (Å²) in [6.45, 7) is -0.443. The first kappa shape index (κ1) is 17.3. The Labute approximate surface area is 131 Å². The third-order valence-corrected chi connectivity index (χ3v) is 3.44. The van der Waals surface area contributed by atoms with Crippen LogP contribution in [0.3, 0.4) is 0 Å². The van der Waals surface area contributed by atoms with Crippen molar-refractivity contribution in [3.63, 3.8) is 0 Å². The normalized spacial score (nSPS) is 18.2. The SMILES string of the molecule is O=C1NCCN(C(=O)CCOCC(F)F)C1c1ccccc1F. The molecular formula is C15H17F3N2O3. The van der Waals surface area contributed by atoms with Crippen LogP contribution in [0.4, 0.5) is 13.2 Å². The molecule has 0 spiro atoms. The van der Waals surface area contributed by atoms with E-state index in [2.05, 4.69) is 10.1 Å². The molecule has 0 bridgehead atoms. The molecule has 1 aliphatic rings. The molecule has 5 nitrogen and oxygen atoms in total. The van der Waals surface area contributed by atoms with E-state index >= 15 is 0 Å². The maximum atomic E-state index is 14.0. The van der Waals surface area contributed by atoms with Crippen molar-refractivity contribution in [1.29, 1.82) is 0 Å². The molecule has 8 heteroatoms. The van der Waals surface area contributed by atoms with Crippen LogP contribution in [0.15, 0.2) is 24.3 Å². The number of halogens is 3. The lowest BCUT2D eigenvalue weighted by atomic mass is 10.0. The van der Waals surface area contributed by atoms with E-state index in [-0.39, 0.29) is 31.7 Å². The molecule has 1 aromatic carbocycles. The number of ether oxygens (including phenoxy) is 1. The lowest BCUT2D eigenvalue weighted by Crippen LogP contribution is -2.52. The number of nitrogens with one attached hydrogen (secondary N) is 1. The first-order valence-electron chi connectivity index (χ1n) is 7.18. The van der Waals surface area contributed by atoms with Gasteiger partial charge in [-0.15, -0.1) is 0 Å². The van der Waals surface area contributed by atoms with Gasteiger partial charge in [-0.2, -0.15) is 0 Å². The van der Waals surface area contributed by atoms with Crippen LogP contribution in [-0.2, 0) is 14.3 Å². The Kier molecular flexibility index (Phi) is 5.97. The summed E-state index contributed by atoms with van der Waals surface area (Å²) >= 11 is 0. The van der Waals surface area contributed by atoms with E-state index in [9.17, 15) is 22.8 Å². The van der Waals surface area contributed by atoms with Crippen molar-refractivity contribution in [1.82, 2.24) is 10.2 Å². The topological polar surface area (TPSA) is 58.6 Å². The minimum Gasteiger partial charge on any atom is -0.375 e. The zero-order valence-corrected chi connectivity index (χ0v) is 12.3. The molecular weight excluding hydrogens is 313 g/mol. The van der Waals surface area contributed by atoms with Crippen LogP contribution in [0.1, 0.15) is 18.0 Å². The standard InChI is InChI=1S/C15H17F3N2O3/c16-11-4-2-1-3-10(11)14-15(22)19-6-7-20(14)13(21)5-8-23-9-12(17)18/h1-4,12,14H,5-9H2,(H,19,22). The van der Waals surface area contributed by atoms with Crippen LogP contribution in [-0.4, -0.2) is 49.4 Å². The van der Waals surface area contributed by atoms with E-state index in [0.717, 1.165) is 0 Å². The molecule has 1 saturated heterocycles. The molecule has 2 amide bonds. The monoisotopic (exact) mass is 330 g/mol. The molecule has 0 aromatic heterocycles. The summed E-state index contributed by atoms with van der Waals surface area (Å²) in [5.41, 5.74) is 0.103. The van der Waals surface area contributed by atoms with Crippen LogP contribution in [0.2, 0.25) is 0 Å². The van der Waals surface area contributed by atoms with Gasteiger partial charge in [0.2, 0.25) is 11.8 Å². The smallest absolute Gasteiger partial charge is 0.261 e. The molecule has 1 fully saturated rings. The molecule has 0 aliphatic carbocycles. The predicted molar refractivity (Wildman–Crippen MR) is 75.3 cm³/mol. The minimum absolute atomic E-state index is 0.103. The zero-order valence-electron chi connectivity index (χ0n) is 12.3. The van der Waals surface area contributed by atoms with Crippen molar-refractivity contribution >= 4 is 11.8 Å². The van der Waals surface area contributed by atoms with E-state index in [0.29, 0.717) is 0 Å². The Hall–Kier alpha value is -2.09. The Morgan fingerprint density at radius 3 is 2.83 bits per heavy atom. The number of carbonyl (C=O) groups is 2. The third kappa shape index (κ3) is 4.44. The fraction of sp³-hybridized carbons (Fsp3) is 0.467. The van der Waals surface area contributed by atoms with Gasteiger partial charge in [0.25, 0.3) is 6.43 Å². The van der Waals surface area contributed by atoms with E-state index in [4.69, 9.17) is 0 Å². The van der Waals surface area contributed by atoms with Gasteiger partial charge < -0.3 is 15.0 Å². The summed E-state index contributed by atoms with van der Waals surface area (Å²) in [4.78, 5) is 25.6. The lowest BCUT2D eigenvalue weighted by Gasteiger charge is -2.35. The van der Waals surface area contributed by atoms with Crippen LogP contribution in [0, 0.1) is 5.82 Å². The fourth-order valence-electron chi connectivity index (χ4n) is 2.42. The molecule has 1 heterocycles. The van der Waals surface area contributed by atoms with Gasteiger partial charge in [0.15, 0.2) is 0 Å². The highest BCUT2D eigenvalue weighted by atomic mass is 19.3. The second-order valence-corrected chi connectivity index (χ2v) is 5.02. The predicted octanol–water partition coefficient (Wildman–Crippen LogP) is 1.50.